The summed E-state index contributed by atoms with van der Waals surface area (Å²) in [6, 6.07) is 19.6. The van der Waals surface area contributed by atoms with Crippen molar-refractivity contribution in [3.05, 3.63) is 71.8 Å². The van der Waals surface area contributed by atoms with E-state index in [4.69, 9.17) is 4.74 Å². The Labute approximate surface area is 130 Å². The molecule has 1 fully saturated rings. The largest absolute Gasteiger partial charge is 0.467 e. The van der Waals surface area contributed by atoms with E-state index in [1.807, 2.05) is 60.7 Å². The van der Waals surface area contributed by atoms with Crippen LogP contribution in [-0.4, -0.2) is 23.8 Å². The van der Waals surface area contributed by atoms with Crippen molar-refractivity contribution >= 4 is 5.97 Å². The van der Waals surface area contributed by atoms with E-state index >= 15 is 0 Å². The Bertz CT molecular complexity index is 611. The minimum Gasteiger partial charge on any atom is -0.467 e. The summed E-state index contributed by atoms with van der Waals surface area (Å²) in [6.07, 6.45) is 1.89. The highest BCUT2D eigenvalue weighted by molar-refractivity contribution is 5.84. The highest BCUT2D eigenvalue weighted by Crippen LogP contribution is 2.53. The molecule has 1 aliphatic carbocycles. The van der Waals surface area contributed by atoms with Crippen molar-refractivity contribution in [2.75, 3.05) is 7.11 Å². The zero-order chi connectivity index (χ0) is 15.6. The molecule has 1 atom stereocenters. The number of esters is 1. The van der Waals surface area contributed by atoms with Crippen molar-refractivity contribution in [1.29, 1.82) is 0 Å². The van der Waals surface area contributed by atoms with Gasteiger partial charge in [0.2, 0.25) is 0 Å². The van der Waals surface area contributed by atoms with Crippen LogP contribution in [0.15, 0.2) is 60.7 Å². The number of aliphatic hydroxyl groups is 1. The number of ether oxygens (including phenoxy) is 1. The number of rotatable bonds is 3. The van der Waals surface area contributed by atoms with Gasteiger partial charge in [0.1, 0.15) is 0 Å². The molecule has 22 heavy (non-hydrogen) atoms. The second-order valence-corrected chi connectivity index (χ2v) is 5.84. The van der Waals surface area contributed by atoms with Crippen LogP contribution in [-0.2, 0) is 14.9 Å². The standard InChI is InChI=1S/C19H20O3/c1-22-17(20)19(21)14-8-13-18(19,15-9-4-2-5-10-15)16-11-6-3-7-12-16/h2-7,9-12,21H,8,13-14H2,1H3. The van der Waals surface area contributed by atoms with Crippen LogP contribution in [0.5, 0.6) is 0 Å². The average Bonchev–Trinajstić information content (AvgIpc) is 2.95. The molecule has 0 aliphatic heterocycles. The lowest BCUT2D eigenvalue weighted by Crippen LogP contribution is -2.54. The number of hydrogen-bond donors (Lipinski definition) is 1. The van der Waals surface area contributed by atoms with Crippen molar-refractivity contribution in [1.82, 2.24) is 0 Å². The normalized spacial score (nSPS) is 23.2. The molecule has 3 rings (SSSR count). The first-order valence-corrected chi connectivity index (χ1v) is 7.57. The van der Waals surface area contributed by atoms with Gasteiger partial charge in [0.05, 0.1) is 12.5 Å². The summed E-state index contributed by atoms with van der Waals surface area (Å²) in [7, 11) is 1.33. The minimum absolute atomic E-state index is 0.406. The van der Waals surface area contributed by atoms with Crippen molar-refractivity contribution in [3.8, 4) is 0 Å². The molecular formula is C19H20O3. The number of methoxy groups -OCH3 is 1. The van der Waals surface area contributed by atoms with Gasteiger partial charge in [0, 0.05) is 0 Å². The summed E-state index contributed by atoms with van der Waals surface area (Å²) < 4.78 is 4.95. The molecule has 2 aromatic rings. The second kappa shape index (κ2) is 5.58. The number of hydrogen-bond acceptors (Lipinski definition) is 3. The van der Waals surface area contributed by atoms with Crippen molar-refractivity contribution in [2.45, 2.75) is 30.3 Å². The van der Waals surface area contributed by atoms with E-state index in [-0.39, 0.29) is 0 Å². The Balaban J connectivity index is 2.27. The molecule has 0 spiro atoms. The molecule has 0 radical (unpaired) electrons. The van der Waals surface area contributed by atoms with Gasteiger partial charge in [-0.05, 0) is 30.4 Å². The molecule has 1 aliphatic rings. The SMILES string of the molecule is COC(=O)C1(O)CCCC1(c1ccccc1)c1ccccc1. The molecule has 1 saturated carbocycles. The smallest absolute Gasteiger partial charge is 0.339 e. The number of carbonyl (C=O) groups is 1. The van der Waals surface area contributed by atoms with Gasteiger partial charge in [-0.2, -0.15) is 0 Å². The van der Waals surface area contributed by atoms with Crippen LogP contribution in [0.25, 0.3) is 0 Å². The van der Waals surface area contributed by atoms with E-state index in [1.54, 1.807) is 0 Å². The van der Waals surface area contributed by atoms with Crippen LogP contribution in [0.4, 0.5) is 0 Å². The zero-order valence-corrected chi connectivity index (χ0v) is 12.7. The van der Waals surface area contributed by atoms with Crippen molar-refractivity contribution in [3.63, 3.8) is 0 Å². The molecule has 1 unspecified atom stereocenters. The second-order valence-electron chi connectivity index (χ2n) is 5.84. The summed E-state index contributed by atoms with van der Waals surface area (Å²) in [6.45, 7) is 0. The summed E-state index contributed by atoms with van der Waals surface area (Å²) in [4.78, 5) is 12.4. The third-order valence-corrected chi connectivity index (χ3v) is 4.85. The van der Waals surface area contributed by atoms with Crippen LogP contribution < -0.4 is 0 Å². The molecule has 0 aromatic heterocycles. The molecule has 0 amide bonds. The minimum atomic E-state index is -1.54. The molecule has 0 heterocycles. The Kier molecular flexibility index (Phi) is 3.75. The van der Waals surface area contributed by atoms with Gasteiger partial charge in [0.25, 0.3) is 0 Å². The fourth-order valence-corrected chi connectivity index (χ4v) is 3.85. The van der Waals surface area contributed by atoms with Crippen LogP contribution in [0.1, 0.15) is 30.4 Å². The highest BCUT2D eigenvalue weighted by atomic mass is 16.5. The predicted molar refractivity (Wildman–Crippen MR) is 84.5 cm³/mol. The number of carbonyl (C=O) groups excluding carboxylic acids is 1. The molecule has 0 saturated heterocycles. The van der Waals surface area contributed by atoms with Crippen molar-refractivity contribution < 1.29 is 14.6 Å². The lowest BCUT2D eigenvalue weighted by molar-refractivity contribution is -0.166. The number of benzene rings is 2. The molecule has 3 heteroatoms. The Morgan fingerprint density at radius 3 is 1.91 bits per heavy atom. The van der Waals surface area contributed by atoms with Gasteiger partial charge in [-0.25, -0.2) is 4.79 Å². The first kappa shape index (κ1) is 14.8. The Morgan fingerprint density at radius 2 is 1.45 bits per heavy atom. The van der Waals surface area contributed by atoms with E-state index in [0.717, 1.165) is 17.5 Å². The predicted octanol–water partition coefficient (Wildman–Crippen LogP) is 3.06. The van der Waals surface area contributed by atoms with Gasteiger partial charge in [-0.1, -0.05) is 60.7 Å². The summed E-state index contributed by atoms with van der Waals surface area (Å²) >= 11 is 0. The van der Waals surface area contributed by atoms with Gasteiger partial charge >= 0.3 is 5.97 Å². The topological polar surface area (TPSA) is 46.5 Å². The van der Waals surface area contributed by atoms with E-state index in [2.05, 4.69) is 0 Å². The summed E-state index contributed by atoms with van der Waals surface area (Å²) in [5.41, 5.74) is -0.397. The molecule has 2 aromatic carbocycles. The fraction of sp³-hybridized carbons (Fsp3) is 0.316. The van der Waals surface area contributed by atoms with Gasteiger partial charge in [-0.15, -0.1) is 0 Å². The molecule has 114 valence electrons. The van der Waals surface area contributed by atoms with Gasteiger partial charge in [-0.3, -0.25) is 0 Å². The lowest BCUT2D eigenvalue weighted by Gasteiger charge is -2.41. The fourth-order valence-electron chi connectivity index (χ4n) is 3.85. The zero-order valence-electron chi connectivity index (χ0n) is 12.7. The van der Waals surface area contributed by atoms with E-state index in [1.165, 1.54) is 7.11 Å². The first-order valence-electron chi connectivity index (χ1n) is 7.57. The quantitative estimate of drug-likeness (QED) is 0.886. The first-order chi connectivity index (χ1) is 10.6. The maximum absolute atomic E-state index is 12.4. The molecule has 0 bridgehead atoms. The average molecular weight is 296 g/mol. The maximum Gasteiger partial charge on any atom is 0.339 e. The van der Waals surface area contributed by atoms with Crippen LogP contribution in [0.2, 0.25) is 0 Å². The van der Waals surface area contributed by atoms with Crippen LogP contribution in [0.3, 0.4) is 0 Å². The van der Waals surface area contributed by atoms with Gasteiger partial charge in [0.15, 0.2) is 5.60 Å². The van der Waals surface area contributed by atoms with Crippen molar-refractivity contribution in [2.24, 2.45) is 0 Å². The molecule has 1 N–H and O–H groups in total. The summed E-state index contributed by atoms with van der Waals surface area (Å²) in [5.74, 6) is -0.558. The van der Waals surface area contributed by atoms with Crippen LogP contribution >= 0.6 is 0 Å². The molecular weight excluding hydrogens is 276 g/mol. The third-order valence-electron chi connectivity index (χ3n) is 4.85. The lowest BCUT2D eigenvalue weighted by atomic mass is 9.65. The maximum atomic E-state index is 12.4. The van der Waals surface area contributed by atoms with E-state index < -0.39 is 17.0 Å². The third kappa shape index (κ3) is 1.97. The monoisotopic (exact) mass is 296 g/mol. The van der Waals surface area contributed by atoms with Crippen LogP contribution in [0, 0.1) is 0 Å². The Hall–Kier alpha value is -2.13. The Morgan fingerprint density at radius 1 is 0.955 bits per heavy atom. The van der Waals surface area contributed by atoms with E-state index in [9.17, 15) is 9.90 Å². The highest BCUT2D eigenvalue weighted by Gasteiger charge is 2.61. The van der Waals surface area contributed by atoms with Gasteiger partial charge < -0.3 is 9.84 Å². The van der Waals surface area contributed by atoms with E-state index in [0.29, 0.717) is 12.8 Å². The summed E-state index contributed by atoms with van der Waals surface area (Å²) in [5, 5.41) is 11.3. The molecule has 3 nitrogen and oxygen atoms in total.